The van der Waals surface area contributed by atoms with Gasteiger partial charge in [0.1, 0.15) is 0 Å². The Bertz CT molecular complexity index is 196. The summed E-state index contributed by atoms with van der Waals surface area (Å²) >= 11 is 4.89. The van der Waals surface area contributed by atoms with Crippen molar-refractivity contribution in [1.82, 2.24) is 9.80 Å². The van der Waals surface area contributed by atoms with Crippen molar-refractivity contribution in [2.75, 3.05) is 33.2 Å². The highest BCUT2D eigenvalue weighted by Gasteiger charge is 2.23. The van der Waals surface area contributed by atoms with Crippen molar-refractivity contribution in [2.24, 2.45) is 5.73 Å². The maximum Gasteiger partial charge on any atom is 0.0869 e. The molecule has 1 rings (SSSR count). The molecule has 0 aromatic carbocycles. The monoisotopic (exact) mass is 215 g/mol. The zero-order valence-corrected chi connectivity index (χ0v) is 10.0. The van der Waals surface area contributed by atoms with Gasteiger partial charge < -0.3 is 5.73 Å². The number of hydrogen-bond donors (Lipinski definition) is 1. The average molecular weight is 215 g/mol. The van der Waals surface area contributed by atoms with Gasteiger partial charge in [0.15, 0.2) is 0 Å². The Labute approximate surface area is 92.2 Å². The number of nitrogens with two attached hydrogens (primary N) is 1. The molecule has 0 aliphatic carbocycles. The topological polar surface area (TPSA) is 32.5 Å². The van der Waals surface area contributed by atoms with Crippen molar-refractivity contribution in [3.63, 3.8) is 0 Å². The van der Waals surface area contributed by atoms with Crippen LogP contribution in [-0.4, -0.2) is 54.1 Å². The van der Waals surface area contributed by atoms with Crippen LogP contribution in [0.1, 0.15) is 19.8 Å². The third-order valence-corrected chi connectivity index (χ3v) is 2.98. The number of hydrogen-bond acceptors (Lipinski definition) is 3. The molecular formula is C10H21N3S. The van der Waals surface area contributed by atoms with Crippen LogP contribution in [0.4, 0.5) is 0 Å². The quantitative estimate of drug-likeness (QED) is 0.684. The van der Waals surface area contributed by atoms with Crippen molar-refractivity contribution in [2.45, 2.75) is 25.8 Å². The fourth-order valence-electron chi connectivity index (χ4n) is 2.21. The fourth-order valence-corrected chi connectivity index (χ4v) is 2.43. The molecule has 0 radical (unpaired) electrons. The molecule has 1 aliphatic rings. The minimum atomic E-state index is 0.591. The molecule has 2 N–H and O–H groups in total. The number of thiocarbonyl (C=S) groups is 1. The van der Waals surface area contributed by atoms with E-state index < -0.39 is 0 Å². The molecule has 4 heteroatoms. The van der Waals surface area contributed by atoms with E-state index >= 15 is 0 Å². The second kappa shape index (κ2) is 5.63. The van der Waals surface area contributed by atoms with E-state index in [2.05, 4.69) is 23.8 Å². The Morgan fingerprint density at radius 2 is 2.36 bits per heavy atom. The van der Waals surface area contributed by atoms with Crippen LogP contribution in [0.15, 0.2) is 0 Å². The van der Waals surface area contributed by atoms with Gasteiger partial charge in [-0.05, 0) is 33.0 Å². The highest BCUT2D eigenvalue weighted by atomic mass is 32.1. The van der Waals surface area contributed by atoms with Gasteiger partial charge >= 0.3 is 0 Å². The van der Waals surface area contributed by atoms with Gasteiger partial charge in [-0.1, -0.05) is 19.1 Å². The third kappa shape index (κ3) is 3.52. The summed E-state index contributed by atoms with van der Waals surface area (Å²) < 4.78 is 0. The lowest BCUT2D eigenvalue weighted by atomic mass is 10.2. The first-order valence-electron chi connectivity index (χ1n) is 5.34. The molecule has 3 nitrogen and oxygen atoms in total. The smallest absolute Gasteiger partial charge is 0.0869 e. The molecule has 0 saturated carbocycles. The zero-order chi connectivity index (χ0) is 10.6. The van der Waals surface area contributed by atoms with E-state index in [1.807, 2.05) is 0 Å². The maximum absolute atomic E-state index is 5.51. The van der Waals surface area contributed by atoms with Gasteiger partial charge in [-0.25, -0.2) is 0 Å². The van der Waals surface area contributed by atoms with Gasteiger partial charge in [0.25, 0.3) is 0 Å². The molecule has 1 fully saturated rings. The van der Waals surface area contributed by atoms with E-state index in [0.29, 0.717) is 11.0 Å². The Kier molecular flexibility index (Phi) is 4.78. The normalized spacial score (nSPS) is 23.2. The molecule has 1 unspecified atom stereocenters. The number of likely N-dealkylation sites (N-methyl/N-ethyl adjacent to an activating group) is 2. The molecule has 1 saturated heterocycles. The summed E-state index contributed by atoms with van der Waals surface area (Å²) in [6.45, 7) is 6.47. The molecule has 82 valence electrons. The van der Waals surface area contributed by atoms with Crippen molar-refractivity contribution in [3.8, 4) is 0 Å². The Morgan fingerprint density at radius 3 is 2.93 bits per heavy atom. The van der Waals surface area contributed by atoms with Crippen LogP contribution in [0, 0.1) is 0 Å². The van der Waals surface area contributed by atoms with E-state index in [4.69, 9.17) is 18.0 Å². The van der Waals surface area contributed by atoms with Crippen LogP contribution < -0.4 is 5.73 Å². The number of likely N-dealkylation sites (tertiary alicyclic amines) is 1. The van der Waals surface area contributed by atoms with Crippen LogP contribution >= 0.6 is 12.2 Å². The standard InChI is InChI=1S/C10H21N3S/c1-3-13-6-4-5-9(13)7-12(2)8-10(11)14/h9H,3-8H2,1-2H3,(H2,11,14). The van der Waals surface area contributed by atoms with Crippen molar-refractivity contribution < 1.29 is 0 Å². The van der Waals surface area contributed by atoms with Crippen molar-refractivity contribution in [1.29, 1.82) is 0 Å². The molecular weight excluding hydrogens is 194 g/mol. The molecule has 0 amide bonds. The maximum atomic E-state index is 5.51. The van der Waals surface area contributed by atoms with Crippen LogP contribution in [0.25, 0.3) is 0 Å². The Morgan fingerprint density at radius 1 is 1.64 bits per heavy atom. The number of rotatable bonds is 5. The molecule has 0 aromatic heterocycles. The van der Waals surface area contributed by atoms with E-state index in [1.54, 1.807) is 0 Å². The predicted molar refractivity (Wildman–Crippen MR) is 64.6 cm³/mol. The van der Waals surface area contributed by atoms with E-state index in [0.717, 1.165) is 19.6 Å². The summed E-state index contributed by atoms with van der Waals surface area (Å²) in [5.74, 6) is 0. The first kappa shape index (κ1) is 11.9. The minimum Gasteiger partial charge on any atom is -0.392 e. The van der Waals surface area contributed by atoms with Crippen molar-refractivity contribution in [3.05, 3.63) is 0 Å². The third-order valence-electron chi connectivity index (χ3n) is 2.85. The molecule has 0 spiro atoms. The zero-order valence-electron chi connectivity index (χ0n) is 9.20. The van der Waals surface area contributed by atoms with Gasteiger partial charge in [-0.3, -0.25) is 9.80 Å². The van der Waals surface area contributed by atoms with Gasteiger partial charge in [-0.15, -0.1) is 0 Å². The summed E-state index contributed by atoms with van der Waals surface area (Å²) in [6.07, 6.45) is 2.65. The van der Waals surface area contributed by atoms with Crippen molar-refractivity contribution >= 4 is 17.2 Å². The van der Waals surface area contributed by atoms with Gasteiger partial charge in [0.2, 0.25) is 0 Å². The second-order valence-corrected chi connectivity index (χ2v) is 4.61. The Hall–Kier alpha value is -0.190. The van der Waals surface area contributed by atoms with E-state index in [-0.39, 0.29) is 0 Å². The first-order chi connectivity index (χ1) is 6.63. The largest absolute Gasteiger partial charge is 0.392 e. The highest BCUT2D eigenvalue weighted by molar-refractivity contribution is 7.80. The molecule has 1 atom stereocenters. The van der Waals surface area contributed by atoms with Crippen LogP contribution in [0.3, 0.4) is 0 Å². The summed E-state index contributed by atoms with van der Waals surface area (Å²) in [4.78, 5) is 5.35. The van der Waals surface area contributed by atoms with Gasteiger partial charge in [-0.2, -0.15) is 0 Å². The fraction of sp³-hybridized carbons (Fsp3) is 0.900. The molecule has 1 heterocycles. The predicted octanol–water partition coefficient (Wildman–Crippen LogP) is 0.689. The molecule has 14 heavy (non-hydrogen) atoms. The summed E-state index contributed by atoms with van der Waals surface area (Å²) in [6, 6.07) is 0.708. The first-order valence-corrected chi connectivity index (χ1v) is 5.75. The van der Waals surface area contributed by atoms with E-state index in [1.165, 1.54) is 19.4 Å². The second-order valence-electron chi connectivity index (χ2n) is 4.09. The SMILES string of the molecule is CCN1CCCC1CN(C)CC(N)=S. The lowest BCUT2D eigenvalue weighted by Gasteiger charge is -2.27. The number of nitrogens with zero attached hydrogens (tertiary/aromatic N) is 2. The van der Waals surface area contributed by atoms with Crippen LogP contribution in [0.2, 0.25) is 0 Å². The average Bonchev–Trinajstić information content (AvgIpc) is 2.50. The summed E-state index contributed by atoms with van der Waals surface area (Å²) in [5, 5.41) is 0. The van der Waals surface area contributed by atoms with Gasteiger partial charge in [0, 0.05) is 19.1 Å². The summed E-state index contributed by atoms with van der Waals surface area (Å²) in [5.41, 5.74) is 5.51. The van der Waals surface area contributed by atoms with Crippen LogP contribution in [0.5, 0.6) is 0 Å². The van der Waals surface area contributed by atoms with E-state index in [9.17, 15) is 0 Å². The lowest BCUT2D eigenvalue weighted by molar-refractivity contribution is 0.210. The minimum absolute atomic E-state index is 0.591. The molecule has 0 bridgehead atoms. The Balaban J connectivity index is 2.31. The van der Waals surface area contributed by atoms with Gasteiger partial charge in [0.05, 0.1) is 4.99 Å². The van der Waals surface area contributed by atoms with Crippen LogP contribution in [-0.2, 0) is 0 Å². The lowest BCUT2D eigenvalue weighted by Crippen LogP contribution is -2.41. The molecule has 0 aromatic rings. The molecule has 1 aliphatic heterocycles. The highest BCUT2D eigenvalue weighted by Crippen LogP contribution is 2.16. The summed E-state index contributed by atoms with van der Waals surface area (Å²) in [7, 11) is 2.09.